The summed E-state index contributed by atoms with van der Waals surface area (Å²) in [6.07, 6.45) is 0. The molecule has 0 spiro atoms. The minimum atomic E-state index is -0.0319. The first-order chi connectivity index (χ1) is 12.5. The van der Waals surface area contributed by atoms with E-state index in [1.807, 2.05) is 61.3 Å². The van der Waals surface area contributed by atoms with Gasteiger partial charge in [-0.25, -0.2) is 4.99 Å². The van der Waals surface area contributed by atoms with Crippen molar-refractivity contribution in [3.05, 3.63) is 63.0 Å². The normalized spacial score (nSPS) is 21.1. The number of halogens is 1. The average molecular weight is 402 g/mol. The van der Waals surface area contributed by atoms with Crippen LogP contribution in [0.1, 0.15) is 5.56 Å². The van der Waals surface area contributed by atoms with Gasteiger partial charge in [-0.2, -0.15) is 0 Å². The second-order valence-electron chi connectivity index (χ2n) is 6.05. The van der Waals surface area contributed by atoms with Crippen molar-refractivity contribution in [1.82, 2.24) is 4.90 Å². The summed E-state index contributed by atoms with van der Waals surface area (Å²) in [6, 6.07) is 13.7. The molecular formula is C19H16ClN3OS2. The van der Waals surface area contributed by atoms with E-state index in [0.717, 1.165) is 26.9 Å². The Labute approximate surface area is 165 Å². The molecule has 132 valence electrons. The van der Waals surface area contributed by atoms with Crippen molar-refractivity contribution in [2.75, 3.05) is 19.0 Å². The van der Waals surface area contributed by atoms with Gasteiger partial charge in [-0.05, 0) is 48.5 Å². The molecule has 1 amide bonds. The van der Waals surface area contributed by atoms with Crippen LogP contribution < -0.4 is 4.90 Å². The molecule has 4 nitrogen and oxygen atoms in total. The Morgan fingerprint density at radius 1 is 1.04 bits per heavy atom. The highest BCUT2D eigenvalue weighted by molar-refractivity contribution is 8.19. The summed E-state index contributed by atoms with van der Waals surface area (Å²) in [5, 5.41) is 2.29. The van der Waals surface area contributed by atoms with Crippen molar-refractivity contribution < 1.29 is 4.79 Å². The third-order valence-corrected chi connectivity index (χ3v) is 7.02. The smallest absolute Gasteiger partial charge is 0.269 e. The molecule has 2 aliphatic heterocycles. The van der Waals surface area contributed by atoms with Crippen molar-refractivity contribution >= 4 is 57.6 Å². The van der Waals surface area contributed by atoms with Gasteiger partial charge in [-0.3, -0.25) is 9.69 Å². The Bertz CT molecular complexity index is 986. The average Bonchev–Trinajstić information content (AvgIpc) is 3.08. The maximum Gasteiger partial charge on any atom is 0.269 e. The highest BCUT2D eigenvalue weighted by Crippen LogP contribution is 2.50. The van der Waals surface area contributed by atoms with E-state index < -0.39 is 0 Å². The second kappa shape index (κ2) is 6.68. The van der Waals surface area contributed by atoms with Crippen molar-refractivity contribution in [1.29, 1.82) is 0 Å². The molecule has 0 bridgehead atoms. The number of carbonyl (C=O) groups excluding carboxylic acids is 1. The van der Waals surface area contributed by atoms with Crippen LogP contribution in [0, 0.1) is 6.92 Å². The lowest BCUT2D eigenvalue weighted by atomic mass is 10.2. The number of thioether (sulfide) groups is 2. The summed E-state index contributed by atoms with van der Waals surface area (Å²) < 4.78 is 0. The van der Waals surface area contributed by atoms with Gasteiger partial charge >= 0.3 is 0 Å². The van der Waals surface area contributed by atoms with E-state index in [0.29, 0.717) is 15.1 Å². The van der Waals surface area contributed by atoms with Crippen molar-refractivity contribution in [3.8, 4) is 0 Å². The topological polar surface area (TPSA) is 35.9 Å². The number of anilines is 1. The van der Waals surface area contributed by atoms with Gasteiger partial charge in [0.25, 0.3) is 5.91 Å². The Morgan fingerprint density at radius 3 is 2.58 bits per heavy atom. The first-order valence-corrected chi connectivity index (χ1v) is 10.0. The number of aliphatic imine (C=N–C) groups is 1. The molecule has 0 atom stereocenters. The standard InChI is InChI=1S/C19H16ClN3OS2/c1-11-6-4-5-7-13(11)21-19-23(3)17(24)16(26-19)18-22(2)14-10-12(20)8-9-15(14)25-18/h4-10H,1-3H3. The first-order valence-electron chi connectivity index (χ1n) is 8.01. The molecule has 0 aromatic heterocycles. The van der Waals surface area contributed by atoms with Crippen molar-refractivity contribution in [2.45, 2.75) is 11.8 Å². The molecule has 2 aromatic carbocycles. The van der Waals surface area contributed by atoms with Gasteiger partial charge in [0, 0.05) is 24.0 Å². The Hall–Kier alpha value is -1.89. The second-order valence-corrected chi connectivity index (χ2v) is 8.50. The predicted molar refractivity (Wildman–Crippen MR) is 111 cm³/mol. The lowest BCUT2D eigenvalue weighted by Crippen LogP contribution is -2.24. The van der Waals surface area contributed by atoms with Gasteiger partial charge in [0.1, 0.15) is 4.91 Å². The van der Waals surface area contributed by atoms with E-state index in [-0.39, 0.29) is 5.91 Å². The van der Waals surface area contributed by atoms with E-state index in [1.54, 1.807) is 23.7 Å². The Kier molecular flexibility index (Phi) is 4.50. The van der Waals surface area contributed by atoms with Crippen molar-refractivity contribution in [2.24, 2.45) is 4.99 Å². The molecular weight excluding hydrogens is 386 g/mol. The molecule has 1 fully saturated rings. The van der Waals surface area contributed by atoms with Crippen LogP contribution in [0.2, 0.25) is 5.02 Å². The molecule has 0 N–H and O–H groups in total. The summed E-state index contributed by atoms with van der Waals surface area (Å²) in [4.78, 5) is 23.0. The predicted octanol–water partition coefficient (Wildman–Crippen LogP) is 5.25. The number of hydrogen-bond donors (Lipinski definition) is 0. The molecule has 7 heteroatoms. The fourth-order valence-electron chi connectivity index (χ4n) is 2.79. The molecule has 1 saturated heterocycles. The molecule has 2 heterocycles. The number of likely N-dealkylation sites (N-methyl/N-ethyl adjacent to an activating group) is 1. The van der Waals surface area contributed by atoms with Crippen LogP contribution >= 0.6 is 35.1 Å². The minimum absolute atomic E-state index is 0.0319. The van der Waals surface area contributed by atoms with Crippen LogP contribution in [0.25, 0.3) is 0 Å². The number of hydrogen-bond acceptors (Lipinski definition) is 5. The van der Waals surface area contributed by atoms with Gasteiger partial charge in [0.15, 0.2) is 5.17 Å². The fraction of sp³-hybridized carbons (Fsp3) is 0.158. The van der Waals surface area contributed by atoms with Crippen LogP contribution in [-0.4, -0.2) is 30.1 Å². The minimum Gasteiger partial charge on any atom is -0.337 e. The quantitative estimate of drug-likeness (QED) is 0.611. The number of amides is 1. The molecule has 0 aliphatic carbocycles. The Balaban J connectivity index is 1.72. The molecule has 0 radical (unpaired) electrons. The molecule has 2 aromatic rings. The zero-order valence-corrected chi connectivity index (χ0v) is 16.9. The molecule has 26 heavy (non-hydrogen) atoms. The van der Waals surface area contributed by atoms with Gasteiger partial charge in [0.2, 0.25) is 0 Å². The highest BCUT2D eigenvalue weighted by atomic mass is 35.5. The maximum absolute atomic E-state index is 12.8. The Morgan fingerprint density at radius 2 is 1.81 bits per heavy atom. The molecule has 0 saturated carbocycles. The number of fused-ring (bicyclic) bond motifs is 1. The summed E-state index contributed by atoms with van der Waals surface area (Å²) >= 11 is 9.13. The number of rotatable bonds is 1. The monoisotopic (exact) mass is 401 g/mol. The third kappa shape index (κ3) is 2.92. The number of benzene rings is 2. The largest absolute Gasteiger partial charge is 0.337 e. The molecule has 4 rings (SSSR count). The number of carbonyl (C=O) groups is 1. The molecule has 0 unspecified atom stereocenters. The van der Waals surface area contributed by atoms with Crippen LogP contribution in [0.15, 0.2) is 62.3 Å². The van der Waals surface area contributed by atoms with E-state index >= 15 is 0 Å². The summed E-state index contributed by atoms with van der Waals surface area (Å²) in [7, 11) is 3.73. The van der Waals surface area contributed by atoms with Crippen LogP contribution in [0.3, 0.4) is 0 Å². The van der Waals surface area contributed by atoms with E-state index in [4.69, 9.17) is 16.6 Å². The number of amidine groups is 1. The van der Waals surface area contributed by atoms with Gasteiger partial charge < -0.3 is 4.90 Å². The summed E-state index contributed by atoms with van der Waals surface area (Å²) in [5.41, 5.74) is 2.98. The van der Waals surface area contributed by atoms with Gasteiger partial charge in [-0.1, -0.05) is 41.6 Å². The summed E-state index contributed by atoms with van der Waals surface area (Å²) in [5.74, 6) is -0.0319. The number of para-hydroxylation sites is 1. The number of aryl methyl sites for hydroxylation is 1. The summed E-state index contributed by atoms with van der Waals surface area (Å²) in [6.45, 7) is 2.02. The fourth-order valence-corrected chi connectivity index (χ4v) is 5.26. The lowest BCUT2D eigenvalue weighted by molar-refractivity contribution is -0.121. The molecule has 2 aliphatic rings. The van der Waals surface area contributed by atoms with Crippen LogP contribution in [0.4, 0.5) is 11.4 Å². The SMILES string of the molecule is Cc1ccccc1N=C1SC(=C2Sc3ccc(Cl)cc3N2C)C(=O)N1C. The van der Waals surface area contributed by atoms with Crippen molar-refractivity contribution in [3.63, 3.8) is 0 Å². The third-order valence-electron chi connectivity index (χ3n) is 4.30. The van der Waals surface area contributed by atoms with Crippen LogP contribution in [0.5, 0.6) is 0 Å². The lowest BCUT2D eigenvalue weighted by Gasteiger charge is -2.14. The van der Waals surface area contributed by atoms with Gasteiger partial charge in [0.05, 0.1) is 16.4 Å². The number of nitrogens with zero attached hydrogens (tertiary/aromatic N) is 3. The van der Waals surface area contributed by atoms with Gasteiger partial charge in [-0.15, -0.1) is 0 Å². The first kappa shape index (κ1) is 17.5. The van der Waals surface area contributed by atoms with E-state index in [2.05, 4.69) is 0 Å². The van der Waals surface area contributed by atoms with E-state index in [1.165, 1.54) is 11.8 Å². The highest BCUT2D eigenvalue weighted by Gasteiger charge is 2.37. The zero-order chi connectivity index (χ0) is 18.4. The maximum atomic E-state index is 12.8. The van der Waals surface area contributed by atoms with Crippen LogP contribution in [-0.2, 0) is 4.79 Å². The van der Waals surface area contributed by atoms with E-state index in [9.17, 15) is 4.79 Å². The zero-order valence-electron chi connectivity index (χ0n) is 14.5.